The molecule has 1 aliphatic rings. The molecule has 3 rings (SSSR count). The summed E-state index contributed by atoms with van der Waals surface area (Å²) in [5.74, 6) is -0.398. The molecule has 3 heteroatoms. The monoisotopic (exact) mass is 252 g/mol. The Morgan fingerprint density at radius 2 is 1.74 bits per heavy atom. The third-order valence-corrected chi connectivity index (χ3v) is 3.65. The van der Waals surface area contributed by atoms with E-state index in [4.69, 9.17) is 11.5 Å². The van der Waals surface area contributed by atoms with Crippen LogP contribution in [0.5, 0.6) is 0 Å². The van der Waals surface area contributed by atoms with Gasteiger partial charge in [0, 0.05) is 11.6 Å². The van der Waals surface area contributed by atoms with Crippen LogP contribution in [0.1, 0.15) is 21.5 Å². The van der Waals surface area contributed by atoms with Gasteiger partial charge in [-0.3, -0.25) is 4.79 Å². The number of nitrogens with two attached hydrogens (primary N) is 2. The first kappa shape index (κ1) is 11.9. The summed E-state index contributed by atoms with van der Waals surface area (Å²) in [5, 5.41) is 0. The summed E-state index contributed by atoms with van der Waals surface area (Å²) in [4.78, 5) is 11.2. The summed E-state index contributed by atoms with van der Waals surface area (Å²) in [7, 11) is 0. The van der Waals surface area contributed by atoms with Crippen molar-refractivity contribution in [3.05, 3.63) is 59.2 Å². The lowest BCUT2D eigenvalue weighted by Crippen LogP contribution is -2.18. The lowest BCUT2D eigenvalue weighted by atomic mass is 9.99. The highest BCUT2D eigenvalue weighted by atomic mass is 16.1. The normalized spacial score (nSPS) is 17.2. The van der Waals surface area contributed by atoms with Crippen LogP contribution in [0.3, 0.4) is 0 Å². The molecule has 2 aromatic carbocycles. The van der Waals surface area contributed by atoms with Crippen molar-refractivity contribution in [3.8, 4) is 11.1 Å². The number of primary amides is 1. The minimum absolute atomic E-state index is 0.238. The van der Waals surface area contributed by atoms with Crippen molar-refractivity contribution in [3.63, 3.8) is 0 Å². The van der Waals surface area contributed by atoms with Crippen molar-refractivity contribution in [2.75, 3.05) is 0 Å². The lowest BCUT2D eigenvalue weighted by Gasteiger charge is -2.06. The van der Waals surface area contributed by atoms with Crippen molar-refractivity contribution in [2.24, 2.45) is 11.5 Å². The van der Waals surface area contributed by atoms with Crippen molar-refractivity contribution in [1.82, 2.24) is 0 Å². The summed E-state index contributed by atoms with van der Waals surface area (Å²) >= 11 is 0. The minimum Gasteiger partial charge on any atom is -0.366 e. The summed E-state index contributed by atoms with van der Waals surface area (Å²) in [6.45, 7) is 0. The average Bonchev–Trinajstić information content (AvgIpc) is 2.77. The van der Waals surface area contributed by atoms with Crippen LogP contribution in [0, 0.1) is 0 Å². The fraction of sp³-hybridized carbons (Fsp3) is 0.188. The Labute approximate surface area is 112 Å². The Morgan fingerprint density at radius 3 is 2.53 bits per heavy atom. The molecule has 0 bridgehead atoms. The van der Waals surface area contributed by atoms with Gasteiger partial charge in [0.15, 0.2) is 0 Å². The molecule has 0 aromatic heterocycles. The molecule has 1 unspecified atom stereocenters. The number of carbonyl (C=O) groups is 1. The molecule has 0 radical (unpaired) electrons. The Hall–Kier alpha value is -2.13. The fourth-order valence-electron chi connectivity index (χ4n) is 2.68. The van der Waals surface area contributed by atoms with E-state index >= 15 is 0 Å². The Bertz CT molecular complexity index is 649. The number of benzene rings is 2. The van der Waals surface area contributed by atoms with Crippen LogP contribution in [-0.2, 0) is 12.8 Å². The maximum absolute atomic E-state index is 11.2. The van der Waals surface area contributed by atoms with Gasteiger partial charge in [0.1, 0.15) is 0 Å². The quantitative estimate of drug-likeness (QED) is 0.856. The van der Waals surface area contributed by atoms with E-state index < -0.39 is 5.91 Å². The van der Waals surface area contributed by atoms with E-state index in [0.717, 1.165) is 24.0 Å². The van der Waals surface area contributed by atoms with Gasteiger partial charge in [-0.05, 0) is 47.2 Å². The summed E-state index contributed by atoms with van der Waals surface area (Å²) in [5.41, 5.74) is 16.6. The van der Waals surface area contributed by atoms with Crippen LogP contribution < -0.4 is 11.5 Å². The topological polar surface area (TPSA) is 69.1 Å². The van der Waals surface area contributed by atoms with Crippen molar-refractivity contribution >= 4 is 5.91 Å². The third kappa shape index (κ3) is 2.25. The van der Waals surface area contributed by atoms with Gasteiger partial charge in [-0.25, -0.2) is 0 Å². The number of hydrogen-bond acceptors (Lipinski definition) is 2. The third-order valence-electron chi connectivity index (χ3n) is 3.65. The highest BCUT2D eigenvalue weighted by molar-refractivity contribution is 5.94. The molecule has 1 atom stereocenters. The van der Waals surface area contributed by atoms with E-state index in [2.05, 4.69) is 18.2 Å². The molecule has 19 heavy (non-hydrogen) atoms. The van der Waals surface area contributed by atoms with Crippen LogP contribution in [0.25, 0.3) is 11.1 Å². The number of amides is 1. The minimum atomic E-state index is -0.398. The number of carbonyl (C=O) groups excluding carboxylic acids is 1. The second-order valence-corrected chi connectivity index (χ2v) is 5.10. The van der Waals surface area contributed by atoms with Crippen LogP contribution in [-0.4, -0.2) is 11.9 Å². The van der Waals surface area contributed by atoms with Crippen LogP contribution >= 0.6 is 0 Å². The zero-order valence-electron chi connectivity index (χ0n) is 10.6. The average molecular weight is 252 g/mol. The molecule has 1 amide bonds. The van der Waals surface area contributed by atoms with Crippen LogP contribution in [0.4, 0.5) is 0 Å². The molecule has 0 aliphatic heterocycles. The zero-order valence-corrected chi connectivity index (χ0v) is 10.6. The highest BCUT2D eigenvalue weighted by Gasteiger charge is 2.18. The summed E-state index contributed by atoms with van der Waals surface area (Å²) < 4.78 is 0. The van der Waals surface area contributed by atoms with Gasteiger partial charge < -0.3 is 11.5 Å². The highest BCUT2D eigenvalue weighted by Crippen LogP contribution is 2.28. The zero-order chi connectivity index (χ0) is 13.4. The first-order chi connectivity index (χ1) is 9.13. The predicted molar refractivity (Wildman–Crippen MR) is 75.8 cm³/mol. The number of fused-ring (bicyclic) bond motifs is 1. The Morgan fingerprint density at radius 1 is 1.00 bits per heavy atom. The van der Waals surface area contributed by atoms with Gasteiger partial charge in [-0.1, -0.05) is 30.3 Å². The molecular weight excluding hydrogens is 236 g/mol. The first-order valence-electron chi connectivity index (χ1n) is 6.41. The second kappa shape index (κ2) is 4.52. The van der Waals surface area contributed by atoms with E-state index in [-0.39, 0.29) is 6.04 Å². The van der Waals surface area contributed by atoms with E-state index in [1.807, 2.05) is 18.2 Å². The molecule has 0 fully saturated rings. The maximum Gasteiger partial charge on any atom is 0.248 e. The van der Waals surface area contributed by atoms with Crippen LogP contribution in [0.2, 0.25) is 0 Å². The smallest absolute Gasteiger partial charge is 0.248 e. The van der Waals surface area contributed by atoms with Gasteiger partial charge in [0.05, 0.1) is 0 Å². The standard InChI is InChI=1S/C16H16N2O/c17-15-8-12-5-4-11(7-14(12)9-15)10-2-1-3-13(6-10)16(18)19/h1-7,15H,8-9,17H2,(H2,18,19). The predicted octanol–water partition coefficient (Wildman–Crippen LogP) is 1.88. The van der Waals surface area contributed by atoms with Crippen LogP contribution in [0.15, 0.2) is 42.5 Å². The van der Waals surface area contributed by atoms with Crippen molar-refractivity contribution in [1.29, 1.82) is 0 Å². The second-order valence-electron chi connectivity index (χ2n) is 5.10. The molecule has 96 valence electrons. The summed E-state index contributed by atoms with van der Waals surface area (Å²) in [6.07, 6.45) is 1.88. The number of hydrogen-bond donors (Lipinski definition) is 2. The molecule has 3 nitrogen and oxygen atoms in total. The Kier molecular flexibility index (Phi) is 2.84. The lowest BCUT2D eigenvalue weighted by molar-refractivity contribution is 0.100. The van der Waals surface area contributed by atoms with Gasteiger partial charge >= 0.3 is 0 Å². The largest absolute Gasteiger partial charge is 0.366 e. The van der Waals surface area contributed by atoms with Gasteiger partial charge in [0.2, 0.25) is 5.91 Å². The van der Waals surface area contributed by atoms with E-state index in [1.54, 1.807) is 6.07 Å². The molecular formula is C16H16N2O. The van der Waals surface area contributed by atoms with Gasteiger partial charge in [0.25, 0.3) is 0 Å². The first-order valence-corrected chi connectivity index (χ1v) is 6.41. The molecule has 0 heterocycles. The molecule has 0 saturated heterocycles. The summed E-state index contributed by atoms with van der Waals surface area (Å²) in [6, 6.07) is 14.0. The molecule has 1 aliphatic carbocycles. The van der Waals surface area contributed by atoms with Gasteiger partial charge in [-0.15, -0.1) is 0 Å². The van der Waals surface area contributed by atoms with E-state index in [9.17, 15) is 4.79 Å². The molecule has 4 N–H and O–H groups in total. The molecule has 0 spiro atoms. The van der Waals surface area contributed by atoms with E-state index in [0.29, 0.717) is 5.56 Å². The van der Waals surface area contributed by atoms with Crippen molar-refractivity contribution in [2.45, 2.75) is 18.9 Å². The SMILES string of the molecule is NC(=O)c1cccc(-c2ccc3c(c2)CC(N)C3)c1. The number of rotatable bonds is 2. The fourth-order valence-corrected chi connectivity index (χ4v) is 2.68. The Balaban J connectivity index is 2.01. The van der Waals surface area contributed by atoms with E-state index in [1.165, 1.54) is 11.1 Å². The van der Waals surface area contributed by atoms with Gasteiger partial charge in [-0.2, -0.15) is 0 Å². The van der Waals surface area contributed by atoms with Crippen molar-refractivity contribution < 1.29 is 4.79 Å². The molecule has 0 saturated carbocycles. The maximum atomic E-state index is 11.2. The molecule has 2 aromatic rings.